The molecule has 0 amide bonds. The Morgan fingerprint density at radius 1 is 0.875 bits per heavy atom. The zero-order valence-corrected chi connectivity index (χ0v) is 15.7. The van der Waals surface area contributed by atoms with Crippen LogP contribution in [0.2, 0.25) is 0 Å². The predicted molar refractivity (Wildman–Crippen MR) is 107 cm³/mol. The molecule has 2 nitrogen and oxygen atoms in total. The van der Waals surface area contributed by atoms with Crippen molar-refractivity contribution in [3.63, 3.8) is 0 Å². The number of para-hydroxylation sites is 1. The standard InChI is InChI=1S/C21H27NO.ClH/c1-18-10-4-5-11-19(18)14-15-20-12-6-7-13-21(20)23-17-9-8-16-22(2)3;/h4-7,10-15H,8-9,16-17H2,1-3H3;1H/b15-14+;. The van der Waals surface area contributed by atoms with Crippen LogP contribution in [0.5, 0.6) is 5.75 Å². The van der Waals surface area contributed by atoms with Gasteiger partial charge in [0.15, 0.2) is 0 Å². The number of unbranched alkanes of at least 4 members (excludes halogenated alkanes) is 1. The molecular weight excluding hydrogens is 318 g/mol. The molecule has 130 valence electrons. The number of aryl methyl sites for hydroxylation is 1. The van der Waals surface area contributed by atoms with E-state index in [1.54, 1.807) is 0 Å². The van der Waals surface area contributed by atoms with Crippen molar-refractivity contribution in [2.45, 2.75) is 19.8 Å². The second-order valence-corrected chi connectivity index (χ2v) is 6.09. The molecule has 2 rings (SSSR count). The van der Waals surface area contributed by atoms with E-state index < -0.39 is 0 Å². The fourth-order valence-electron chi connectivity index (χ4n) is 2.42. The highest BCUT2D eigenvalue weighted by Gasteiger charge is 2.00. The first-order chi connectivity index (χ1) is 11.2. The fraction of sp³-hybridized carbons (Fsp3) is 0.333. The van der Waals surface area contributed by atoms with Gasteiger partial charge in [-0.3, -0.25) is 0 Å². The van der Waals surface area contributed by atoms with Gasteiger partial charge in [0.2, 0.25) is 0 Å². The van der Waals surface area contributed by atoms with Crippen molar-refractivity contribution in [1.29, 1.82) is 0 Å². The molecule has 2 aromatic rings. The zero-order valence-electron chi connectivity index (χ0n) is 14.9. The molecule has 0 aromatic heterocycles. The van der Waals surface area contributed by atoms with Crippen LogP contribution in [0.1, 0.15) is 29.5 Å². The summed E-state index contributed by atoms with van der Waals surface area (Å²) in [5.74, 6) is 0.960. The number of hydrogen-bond donors (Lipinski definition) is 0. The van der Waals surface area contributed by atoms with Crippen LogP contribution in [0.15, 0.2) is 48.5 Å². The summed E-state index contributed by atoms with van der Waals surface area (Å²) in [6.07, 6.45) is 6.53. The molecule has 0 bridgehead atoms. The Morgan fingerprint density at radius 3 is 2.21 bits per heavy atom. The Hall–Kier alpha value is -1.77. The highest BCUT2D eigenvalue weighted by Crippen LogP contribution is 2.21. The van der Waals surface area contributed by atoms with Crippen LogP contribution in [-0.4, -0.2) is 32.1 Å². The van der Waals surface area contributed by atoms with Gasteiger partial charge < -0.3 is 9.64 Å². The number of rotatable bonds is 8. The largest absolute Gasteiger partial charge is 0.493 e. The van der Waals surface area contributed by atoms with Crippen molar-refractivity contribution >= 4 is 24.6 Å². The molecule has 0 spiro atoms. The van der Waals surface area contributed by atoms with E-state index in [1.165, 1.54) is 11.1 Å². The summed E-state index contributed by atoms with van der Waals surface area (Å²) in [6, 6.07) is 16.6. The van der Waals surface area contributed by atoms with Crippen LogP contribution >= 0.6 is 12.4 Å². The first-order valence-corrected chi connectivity index (χ1v) is 8.27. The Balaban J connectivity index is 0.00000288. The van der Waals surface area contributed by atoms with Crippen molar-refractivity contribution in [1.82, 2.24) is 4.90 Å². The molecule has 0 saturated carbocycles. The van der Waals surface area contributed by atoms with E-state index >= 15 is 0 Å². The lowest BCUT2D eigenvalue weighted by Gasteiger charge is -2.11. The topological polar surface area (TPSA) is 12.5 Å². The SMILES string of the molecule is Cc1ccccc1/C=C/c1ccccc1OCCCCN(C)C.Cl. The van der Waals surface area contributed by atoms with Crippen molar-refractivity contribution in [3.05, 3.63) is 65.2 Å². The molecule has 0 fully saturated rings. The number of hydrogen-bond acceptors (Lipinski definition) is 2. The predicted octanol–water partition coefficient (Wildman–Crippen LogP) is 5.31. The zero-order chi connectivity index (χ0) is 16.5. The number of nitrogens with zero attached hydrogens (tertiary/aromatic N) is 1. The summed E-state index contributed by atoms with van der Waals surface area (Å²) in [5, 5.41) is 0. The first-order valence-electron chi connectivity index (χ1n) is 8.27. The van der Waals surface area contributed by atoms with Crippen LogP contribution in [0.3, 0.4) is 0 Å². The van der Waals surface area contributed by atoms with Gasteiger partial charge >= 0.3 is 0 Å². The van der Waals surface area contributed by atoms with E-state index in [2.05, 4.69) is 74.5 Å². The third kappa shape index (κ3) is 6.77. The first kappa shape index (κ1) is 20.3. The highest BCUT2D eigenvalue weighted by molar-refractivity contribution is 5.85. The number of halogens is 1. The van der Waals surface area contributed by atoms with E-state index in [-0.39, 0.29) is 12.4 Å². The van der Waals surface area contributed by atoms with Crippen molar-refractivity contribution in [3.8, 4) is 5.75 Å². The lowest BCUT2D eigenvalue weighted by molar-refractivity contribution is 0.292. The van der Waals surface area contributed by atoms with Crippen molar-refractivity contribution in [2.24, 2.45) is 0 Å². The minimum Gasteiger partial charge on any atom is -0.493 e. The van der Waals surface area contributed by atoms with E-state index in [1.807, 2.05) is 12.1 Å². The molecule has 0 saturated heterocycles. The maximum atomic E-state index is 5.97. The van der Waals surface area contributed by atoms with E-state index in [0.29, 0.717) is 0 Å². The lowest BCUT2D eigenvalue weighted by atomic mass is 10.1. The van der Waals surface area contributed by atoms with Gasteiger partial charge in [0.1, 0.15) is 5.75 Å². The summed E-state index contributed by atoms with van der Waals surface area (Å²) in [7, 11) is 4.21. The molecule has 0 unspecified atom stereocenters. The summed E-state index contributed by atoms with van der Waals surface area (Å²) in [6.45, 7) is 4.01. The molecule has 0 N–H and O–H groups in total. The van der Waals surface area contributed by atoms with E-state index in [0.717, 1.165) is 37.3 Å². The molecule has 3 heteroatoms. The summed E-state index contributed by atoms with van der Waals surface area (Å²) in [5.41, 5.74) is 3.66. The smallest absolute Gasteiger partial charge is 0.126 e. The van der Waals surface area contributed by atoms with Gasteiger partial charge in [-0.2, -0.15) is 0 Å². The Morgan fingerprint density at radius 2 is 1.50 bits per heavy atom. The monoisotopic (exact) mass is 345 g/mol. The second kappa shape index (κ2) is 10.9. The number of benzene rings is 2. The number of ether oxygens (including phenoxy) is 1. The molecule has 0 radical (unpaired) electrons. The molecular formula is C21H28ClNO. The Kier molecular flexibility index (Phi) is 9.21. The third-order valence-corrected chi connectivity index (χ3v) is 3.81. The van der Waals surface area contributed by atoms with Crippen LogP contribution in [-0.2, 0) is 0 Å². The Bertz CT molecular complexity index is 637. The van der Waals surface area contributed by atoms with Gasteiger partial charge in [-0.05, 0) is 57.6 Å². The van der Waals surface area contributed by atoms with Crippen molar-refractivity contribution in [2.75, 3.05) is 27.2 Å². The van der Waals surface area contributed by atoms with Crippen LogP contribution < -0.4 is 4.74 Å². The molecule has 0 atom stereocenters. The maximum absolute atomic E-state index is 5.97. The van der Waals surface area contributed by atoms with Gasteiger partial charge in [0, 0.05) is 5.56 Å². The van der Waals surface area contributed by atoms with Crippen LogP contribution in [0, 0.1) is 6.92 Å². The molecule has 0 aliphatic heterocycles. The summed E-state index contributed by atoms with van der Waals surface area (Å²) < 4.78 is 5.97. The van der Waals surface area contributed by atoms with Gasteiger partial charge in [0.05, 0.1) is 6.61 Å². The molecule has 0 aliphatic rings. The minimum absolute atomic E-state index is 0. The third-order valence-electron chi connectivity index (χ3n) is 3.81. The van der Waals surface area contributed by atoms with Crippen molar-refractivity contribution < 1.29 is 4.74 Å². The average molecular weight is 346 g/mol. The van der Waals surface area contributed by atoms with Gasteiger partial charge in [-0.1, -0.05) is 54.6 Å². The van der Waals surface area contributed by atoms with Crippen LogP contribution in [0.25, 0.3) is 12.2 Å². The highest BCUT2D eigenvalue weighted by atomic mass is 35.5. The average Bonchev–Trinajstić information content (AvgIpc) is 2.54. The lowest BCUT2D eigenvalue weighted by Crippen LogP contribution is -2.13. The fourth-order valence-corrected chi connectivity index (χ4v) is 2.42. The summed E-state index contributed by atoms with van der Waals surface area (Å²) in [4.78, 5) is 2.21. The molecule has 24 heavy (non-hydrogen) atoms. The van der Waals surface area contributed by atoms with Gasteiger partial charge in [-0.25, -0.2) is 0 Å². The van der Waals surface area contributed by atoms with Gasteiger partial charge in [-0.15, -0.1) is 12.4 Å². The summed E-state index contributed by atoms with van der Waals surface area (Å²) >= 11 is 0. The molecule has 2 aromatic carbocycles. The Labute approximate surface area is 152 Å². The second-order valence-electron chi connectivity index (χ2n) is 6.09. The van der Waals surface area contributed by atoms with E-state index in [9.17, 15) is 0 Å². The maximum Gasteiger partial charge on any atom is 0.126 e. The van der Waals surface area contributed by atoms with Gasteiger partial charge in [0.25, 0.3) is 0 Å². The molecule has 0 aliphatic carbocycles. The molecule has 0 heterocycles. The van der Waals surface area contributed by atoms with Crippen LogP contribution in [0.4, 0.5) is 0 Å². The van der Waals surface area contributed by atoms with E-state index in [4.69, 9.17) is 4.74 Å². The quantitative estimate of drug-likeness (QED) is 0.475. The minimum atomic E-state index is 0. The normalized spacial score (nSPS) is 10.8.